The Hall–Kier alpha value is -1.10. The highest BCUT2D eigenvalue weighted by molar-refractivity contribution is 5.38. The molecule has 0 aromatic heterocycles. The van der Waals surface area contributed by atoms with Crippen LogP contribution in [0.1, 0.15) is 79.5 Å². The first-order valence-electron chi connectivity index (χ1n) is 11.2. The molecule has 0 aliphatic heterocycles. The second-order valence-corrected chi connectivity index (χ2v) is 10.3. The monoisotopic (exact) mass is 407 g/mol. The number of hydrogen-bond acceptors (Lipinski definition) is 4. The number of ether oxygens (including phenoxy) is 3. The average molecular weight is 408 g/mol. The molecule has 0 saturated heterocycles. The van der Waals surface area contributed by atoms with Gasteiger partial charge in [-0.15, -0.1) is 0 Å². The number of rotatable bonds is 13. The highest BCUT2D eigenvalue weighted by atomic mass is 16.5. The SMILES string of the molecule is CC(C)COCc1cc(C(CNC(C)(C)C)OCC(C)C)ccc1OCC(C)C. The molecule has 29 heavy (non-hydrogen) atoms. The van der Waals surface area contributed by atoms with E-state index in [0.29, 0.717) is 31.0 Å². The van der Waals surface area contributed by atoms with Crippen molar-refractivity contribution in [3.63, 3.8) is 0 Å². The summed E-state index contributed by atoms with van der Waals surface area (Å²) in [5.41, 5.74) is 2.31. The maximum atomic E-state index is 6.28. The van der Waals surface area contributed by atoms with Gasteiger partial charge < -0.3 is 19.5 Å². The number of benzene rings is 1. The molecule has 1 aromatic carbocycles. The normalized spacial score (nSPS) is 13.5. The Morgan fingerprint density at radius 2 is 1.48 bits per heavy atom. The van der Waals surface area contributed by atoms with Crippen molar-refractivity contribution in [1.82, 2.24) is 5.32 Å². The maximum absolute atomic E-state index is 6.28. The van der Waals surface area contributed by atoms with Crippen molar-refractivity contribution in [3.05, 3.63) is 29.3 Å². The van der Waals surface area contributed by atoms with Crippen molar-refractivity contribution >= 4 is 0 Å². The molecule has 4 heteroatoms. The Kier molecular flexibility index (Phi) is 11.2. The van der Waals surface area contributed by atoms with E-state index in [1.807, 2.05) is 0 Å². The van der Waals surface area contributed by atoms with Crippen LogP contribution in [-0.2, 0) is 16.1 Å². The zero-order chi connectivity index (χ0) is 22.0. The summed E-state index contributed by atoms with van der Waals surface area (Å²) < 4.78 is 18.3. The van der Waals surface area contributed by atoms with Crippen LogP contribution in [0.15, 0.2) is 18.2 Å². The van der Waals surface area contributed by atoms with Crippen LogP contribution in [0.2, 0.25) is 0 Å². The van der Waals surface area contributed by atoms with Gasteiger partial charge in [-0.1, -0.05) is 47.6 Å². The highest BCUT2D eigenvalue weighted by Crippen LogP contribution is 2.27. The van der Waals surface area contributed by atoms with Crippen LogP contribution in [0.3, 0.4) is 0 Å². The van der Waals surface area contributed by atoms with Crippen LogP contribution in [0.5, 0.6) is 5.75 Å². The summed E-state index contributed by atoms with van der Waals surface area (Å²) in [7, 11) is 0. The minimum absolute atomic E-state index is 0.000350. The quantitative estimate of drug-likeness (QED) is 0.435. The molecule has 0 radical (unpaired) electrons. The fraction of sp³-hybridized carbons (Fsp3) is 0.760. The van der Waals surface area contributed by atoms with E-state index in [0.717, 1.165) is 31.1 Å². The van der Waals surface area contributed by atoms with E-state index < -0.39 is 0 Å². The smallest absolute Gasteiger partial charge is 0.124 e. The summed E-state index contributed by atoms with van der Waals surface area (Å²) in [6.45, 7) is 23.1. The van der Waals surface area contributed by atoms with Gasteiger partial charge in [-0.2, -0.15) is 0 Å². The second-order valence-electron chi connectivity index (χ2n) is 10.3. The molecule has 0 saturated carbocycles. The largest absolute Gasteiger partial charge is 0.493 e. The molecule has 168 valence electrons. The van der Waals surface area contributed by atoms with E-state index >= 15 is 0 Å². The first-order valence-corrected chi connectivity index (χ1v) is 11.2. The van der Waals surface area contributed by atoms with Crippen molar-refractivity contribution in [2.45, 2.75) is 80.6 Å². The summed E-state index contributed by atoms with van der Waals surface area (Å²) in [5.74, 6) is 2.40. The third-order valence-corrected chi connectivity index (χ3v) is 4.19. The summed E-state index contributed by atoms with van der Waals surface area (Å²) in [6.07, 6.45) is -0.000350. The average Bonchev–Trinajstić information content (AvgIpc) is 2.59. The summed E-state index contributed by atoms with van der Waals surface area (Å²) in [4.78, 5) is 0. The third-order valence-electron chi connectivity index (χ3n) is 4.19. The van der Waals surface area contributed by atoms with Crippen LogP contribution < -0.4 is 10.1 Å². The van der Waals surface area contributed by atoms with Gasteiger partial charge in [-0.25, -0.2) is 0 Å². The van der Waals surface area contributed by atoms with E-state index in [1.165, 1.54) is 5.56 Å². The van der Waals surface area contributed by atoms with Crippen LogP contribution in [0, 0.1) is 17.8 Å². The lowest BCUT2D eigenvalue weighted by Gasteiger charge is -2.27. The Balaban J connectivity index is 3.05. The van der Waals surface area contributed by atoms with Crippen LogP contribution in [0.4, 0.5) is 0 Å². The molecule has 0 fully saturated rings. The number of hydrogen-bond donors (Lipinski definition) is 1. The number of nitrogens with one attached hydrogen (secondary N) is 1. The van der Waals surface area contributed by atoms with Gasteiger partial charge in [0.1, 0.15) is 5.75 Å². The van der Waals surface area contributed by atoms with Crippen molar-refractivity contribution in [3.8, 4) is 5.75 Å². The molecule has 0 aliphatic rings. The Morgan fingerprint density at radius 1 is 0.862 bits per heavy atom. The second kappa shape index (κ2) is 12.6. The summed E-state index contributed by atoms with van der Waals surface area (Å²) >= 11 is 0. The lowest BCUT2D eigenvalue weighted by atomic mass is 10.0. The van der Waals surface area contributed by atoms with E-state index in [-0.39, 0.29) is 11.6 Å². The zero-order valence-electron chi connectivity index (χ0n) is 20.3. The molecule has 0 spiro atoms. The van der Waals surface area contributed by atoms with Gasteiger partial charge in [-0.3, -0.25) is 0 Å². The molecule has 0 amide bonds. The lowest BCUT2D eigenvalue weighted by Crippen LogP contribution is -2.39. The molecule has 1 unspecified atom stereocenters. The molecule has 0 bridgehead atoms. The van der Waals surface area contributed by atoms with Gasteiger partial charge in [0.2, 0.25) is 0 Å². The van der Waals surface area contributed by atoms with E-state index in [2.05, 4.69) is 85.8 Å². The molecule has 4 nitrogen and oxygen atoms in total. The predicted octanol–water partition coefficient (Wildman–Crippen LogP) is 6.00. The van der Waals surface area contributed by atoms with Crippen LogP contribution >= 0.6 is 0 Å². The molecule has 1 N–H and O–H groups in total. The molecule has 1 aromatic rings. The van der Waals surface area contributed by atoms with Crippen molar-refractivity contribution < 1.29 is 14.2 Å². The highest BCUT2D eigenvalue weighted by Gasteiger charge is 2.19. The molecule has 0 aliphatic carbocycles. The Morgan fingerprint density at radius 3 is 2.03 bits per heavy atom. The van der Waals surface area contributed by atoms with Crippen molar-refractivity contribution in [2.24, 2.45) is 17.8 Å². The van der Waals surface area contributed by atoms with Gasteiger partial charge in [0.05, 0.1) is 19.3 Å². The van der Waals surface area contributed by atoms with Gasteiger partial charge in [0.15, 0.2) is 0 Å². The molecule has 1 rings (SSSR count). The van der Waals surface area contributed by atoms with Gasteiger partial charge in [-0.05, 0) is 56.2 Å². The fourth-order valence-electron chi connectivity index (χ4n) is 2.69. The zero-order valence-corrected chi connectivity index (χ0v) is 20.3. The lowest BCUT2D eigenvalue weighted by molar-refractivity contribution is 0.0312. The third kappa shape index (κ3) is 11.6. The van der Waals surface area contributed by atoms with Crippen molar-refractivity contribution in [2.75, 3.05) is 26.4 Å². The molecular formula is C25H45NO3. The standard InChI is InChI=1S/C25H45NO3/c1-18(2)14-27-17-22-12-21(10-11-23(22)28-15-19(3)4)24(29-16-20(5)6)13-26-25(7,8)9/h10-12,18-20,24,26H,13-17H2,1-9H3. The first-order chi connectivity index (χ1) is 13.5. The fourth-order valence-corrected chi connectivity index (χ4v) is 2.69. The predicted molar refractivity (Wildman–Crippen MR) is 123 cm³/mol. The molecular weight excluding hydrogens is 362 g/mol. The topological polar surface area (TPSA) is 39.7 Å². The van der Waals surface area contributed by atoms with E-state index in [1.54, 1.807) is 0 Å². The van der Waals surface area contributed by atoms with Gasteiger partial charge in [0.25, 0.3) is 0 Å². The van der Waals surface area contributed by atoms with Gasteiger partial charge in [0, 0.05) is 30.9 Å². The molecule has 1 atom stereocenters. The van der Waals surface area contributed by atoms with Crippen molar-refractivity contribution in [1.29, 1.82) is 0 Å². The minimum Gasteiger partial charge on any atom is -0.493 e. The van der Waals surface area contributed by atoms with E-state index in [4.69, 9.17) is 14.2 Å². The van der Waals surface area contributed by atoms with E-state index in [9.17, 15) is 0 Å². The maximum Gasteiger partial charge on any atom is 0.124 e. The molecule has 0 heterocycles. The summed E-state index contributed by atoms with van der Waals surface area (Å²) in [5, 5.41) is 3.59. The Bertz CT molecular complexity index is 576. The minimum atomic E-state index is -0.000350. The van der Waals surface area contributed by atoms with Gasteiger partial charge >= 0.3 is 0 Å². The van der Waals surface area contributed by atoms with Crippen LogP contribution in [0.25, 0.3) is 0 Å². The Labute approximate surface area is 179 Å². The van der Waals surface area contributed by atoms with Crippen LogP contribution in [-0.4, -0.2) is 31.9 Å². The first kappa shape index (κ1) is 25.9. The summed E-state index contributed by atoms with van der Waals surface area (Å²) in [6, 6.07) is 6.41.